The highest BCUT2D eigenvalue weighted by molar-refractivity contribution is 5.97. The molecule has 3 rings (SSSR count). The minimum absolute atomic E-state index is 0.313. The fourth-order valence-electron chi connectivity index (χ4n) is 3.51. The van der Waals surface area contributed by atoms with Gasteiger partial charge < -0.3 is 20.0 Å². The Morgan fingerprint density at radius 2 is 1.65 bits per heavy atom. The van der Waals surface area contributed by atoms with Crippen LogP contribution in [0.2, 0.25) is 0 Å². The van der Waals surface area contributed by atoms with Gasteiger partial charge in [0, 0.05) is 17.6 Å². The van der Waals surface area contributed by atoms with Crippen LogP contribution in [0.1, 0.15) is 25.0 Å². The van der Waals surface area contributed by atoms with Crippen molar-refractivity contribution in [2.45, 2.75) is 38.9 Å². The Morgan fingerprint density at radius 3 is 2.17 bits per heavy atom. The van der Waals surface area contributed by atoms with Crippen LogP contribution in [-0.4, -0.2) is 24.1 Å². The SMILES string of the molecule is CCc1cccc(CC)c1NC(=O)[C@@H]1[C@@H](C(=O)[O-])[C@H]2C=C[C@@H]1O2. The van der Waals surface area contributed by atoms with Gasteiger partial charge in [-0.05, 0) is 24.0 Å². The number of anilines is 1. The molecule has 0 aliphatic carbocycles. The number of carboxylic acid groups (broad SMARTS) is 1. The molecule has 0 spiro atoms. The van der Waals surface area contributed by atoms with E-state index in [4.69, 9.17) is 4.74 Å². The first kappa shape index (κ1) is 15.7. The molecule has 2 heterocycles. The van der Waals surface area contributed by atoms with Crippen molar-refractivity contribution in [3.63, 3.8) is 0 Å². The average molecular weight is 314 g/mol. The number of carbonyl (C=O) groups excluding carboxylic acids is 2. The van der Waals surface area contributed by atoms with E-state index < -0.39 is 30.0 Å². The molecule has 1 aromatic carbocycles. The monoisotopic (exact) mass is 314 g/mol. The number of carbonyl (C=O) groups is 2. The van der Waals surface area contributed by atoms with Gasteiger partial charge in [0.15, 0.2) is 0 Å². The summed E-state index contributed by atoms with van der Waals surface area (Å²) in [5.74, 6) is -3.22. The van der Waals surface area contributed by atoms with Crippen LogP contribution < -0.4 is 10.4 Å². The van der Waals surface area contributed by atoms with E-state index in [2.05, 4.69) is 5.32 Å². The van der Waals surface area contributed by atoms with Crippen molar-refractivity contribution in [3.05, 3.63) is 41.5 Å². The van der Waals surface area contributed by atoms with Gasteiger partial charge in [0.2, 0.25) is 5.91 Å². The number of para-hydroxylation sites is 1. The van der Waals surface area contributed by atoms with Gasteiger partial charge in [0.05, 0.1) is 18.1 Å². The van der Waals surface area contributed by atoms with Crippen LogP contribution in [0.15, 0.2) is 30.4 Å². The highest BCUT2D eigenvalue weighted by atomic mass is 16.5. The second kappa shape index (κ2) is 6.16. The van der Waals surface area contributed by atoms with E-state index in [0.29, 0.717) is 0 Å². The highest BCUT2D eigenvalue weighted by Gasteiger charge is 2.50. The zero-order valence-electron chi connectivity index (χ0n) is 13.2. The molecule has 23 heavy (non-hydrogen) atoms. The fraction of sp³-hybridized carbons (Fsp3) is 0.444. The molecule has 1 N–H and O–H groups in total. The standard InChI is InChI=1S/C18H21NO4/c1-3-10-6-5-7-11(4-2)16(10)19-17(20)14-12-8-9-13(23-12)15(14)18(21)22/h5-9,12-15H,3-4H2,1-2H3,(H,19,20)(H,21,22)/p-1/t12-,13+,14-,15-/m0/s1. The Bertz CT molecular complexity index is 645. The number of aliphatic carboxylic acids is 1. The van der Waals surface area contributed by atoms with E-state index in [-0.39, 0.29) is 5.91 Å². The van der Waals surface area contributed by atoms with Crippen LogP contribution in [0.5, 0.6) is 0 Å². The molecule has 1 fully saturated rings. The van der Waals surface area contributed by atoms with Crippen molar-refractivity contribution in [3.8, 4) is 0 Å². The Balaban J connectivity index is 1.88. The van der Waals surface area contributed by atoms with Crippen molar-refractivity contribution in [1.82, 2.24) is 0 Å². The number of amides is 1. The Hall–Kier alpha value is -2.14. The van der Waals surface area contributed by atoms with Crippen molar-refractivity contribution < 1.29 is 19.4 Å². The minimum atomic E-state index is -1.23. The molecule has 0 saturated carbocycles. The molecule has 2 bridgehead atoms. The lowest BCUT2D eigenvalue weighted by Gasteiger charge is -2.26. The largest absolute Gasteiger partial charge is 0.550 e. The second-order valence-electron chi connectivity index (χ2n) is 5.97. The van der Waals surface area contributed by atoms with E-state index >= 15 is 0 Å². The maximum absolute atomic E-state index is 12.7. The van der Waals surface area contributed by atoms with Gasteiger partial charge in [-0.25, -0.2) is 0 Å². The third-order valence-electron chi connectivity index (χ3n) is 4.72. The lowest BCUT2D eigenvalue weighted by Crippen LogP contribution is -2.45. The van der Waals surface area contributed by atoms with Crippen LogP contribution in [0.25, 0.3) is 0 Å². The minimum Gasteiger partial charge on any atom is -0.550 e. The van der Waals surface area contributed by atoms with E-state index in [1.165, 1.54) is 0 Å². The number of aryl methyl sites for hydroxylation is 2. The Kier molecular flexibility index (Phi) is 4.22. The first-order valence-electron chi connectivity index (χ1n) is 8.03. The van der Waals surface area contributed by atoms with E-state index in [1.807, 2.05) is 32.0 Å². The summed E-state index contributed by atoms with van der Waals surface area (Å²) < 4.78 is 5.54. The van der Waals surface area contributed by atoms with Crippen molar-refractivity contribution in [2.75, 3.05) is 5.32 Å². The predicted molar refractivity (Wildman–Crippen MR) is 83.6 cm³/mol. The molecule has 1 aromatic rings. The smallest absolute Gasteiger partial charge is 0.231 e. The van der Waals surface area contributed by atoms with Gasteiger partial charge in [0.1, 0.15) is 0 Å². The van der Waals surface area contributed by atoms with Gasteiger partial charge in [0.25, 0.3) is 0 Å². The highest BCUT2D eigenvalue weighted by Crippen LogP contribution is 2.39. The van der Waals surface area contributed by atoms with E-state index in [0.717, 1.165) is 29.7 Å². The molecule has 2 aliphatic heterocycles. The number of nitrogens with one attached hydrogen (secondary N) is 1. The summed E-state index contributed by atoms with van der Waals surface area (Å²) in [7, 11) is 0. The number of benzene rings is 1. The van der Waals surface area contributed by atoms with Gasteiger partial charge in [-0.3, -0.25) is 4.79 Å². The van der Waals surface area contributed by atoms with E-state index in [1.54, 1.807) is 12.2 Å². The molecule has 1 saturated heterocycles. The lowest BCUT2D eigenvalue weighted by molar-refractivity contribution is -0.313. The third-order valence-corrected chi connectivity index (χ3v) is 4.72. The topological polar surface area (TPSA) is 78.5 Å². The number of ether oxygens (including phenoxy) is 1. The lowest BCUT2D eigenvalue weighted by atomic mass is 9.82. The molecule has 5 nitrogen and oxygen atoms in total. The van der Waals surface area contributed by atoms with Crippen molar-refractivity contribution in [1.29, 1.82) is 0 Å². The number of rotatable bonds is 5. The number of fused-ring (bicyclic) bond motifs is 2. The number of carboxylic acids is 1. The zero-order valence-corrected chi connectivity index (χ0v) is 13.2. The molecule has 122 valence electrons. The second-order valence-corrected chi connectivity index (χ2v) is 5.97. The molecule has 4 atom stereocenters. The first-order valence-corrected chi connectivity index (χ1v) is 8.03. The van der Waals surface area contributed by atoms with Crippen LogP contribution >= 0.6 is 0 Å². The number of hydrogen-bond donors (Lipinski definition) is 1. The van der Waals surface area contributed by atoms with Crippen LogP contribution in [0.4, 0.5) is 5.69 Å². The summed E-state index contributed by atoms with van der Waals surface area (Å²) in [6, 6.07) is 5.92. The molecular formula is C18H20NO4-. The van der Waals surface area contributed by atoms with Crippen LogP contribution in [0, 0.1) is 11.8 Å². The normalized spacial score (nSPS) is 28.1. The quantitative estimate of drug-likeness (QED) is 0.825. The predicted octanol–water partition coefficient (Wildman–Crippen LogP) is 1.07. The van der Waals surface area contributed by atoms with E-state index in [9.17, 15) is 14.7 Å². The molecule has 5 heteroatoms. The maximum Gasteiger partial charge on any atom is 0.231 e. The van der Waals surface area contributed by atoms with Crippen LogP contribution in [0.3, 0.4) is 0 Å². The van der Waals surface area contributed by atoms with Crippen molar-refractivity contribution >= 4 is 17.6 Å². The van der Waals surface area contributed by atoms with Gasteiger partial charge in [-0.2, -0.15) is 0 Å². The molecular weight excluding hydrogens is 294 g/mol. The van der Waals surface area contributed by atoms with Crippen molar-refractivity contribution in [2.24, 2.45) is 11.8 Å². The first-order chi connectivity index (χ1) is 11.1. The summed E-state index contributed by atoms with van der Waals surface area (Å²) in [4.78, 5) is 24.1. The van der Waals surface area contributed by atoms with Crippen LogP contribution in [-0.2, 0) is 27.2 Å². The fourth-order valence-corrected chi connectivity index (χ4v) is 3.51. The maximum atomic E-state index is 12.7. The number of hydrogen-bond acceptors (Lipinski definition) is 4. The summed E-state index contributed by atoms with van der Waals surface area (Å²) in [6.45, 7) is 4.05. The summed E-state index contributed by atoms with van der Waals surface area (Å²) in [5, 5.41) is 14.3. The third kappa shape index (κ3) is 2.65. The van der Waals surface area contributed by atoms with Gasteiger partial charge in [-0.1, -0.05) is 44.2 Å². The Labute approximate surface area is 135 Å². The molecule has 0 aromatic heterocycles. The van der Waals surface area contributed by atoms with Gasteiger partial charge in [-0.15, -0.1) is 0 Å². The van der Waals surface area contributed by atoms with Gasteiger partial charge >= 0.3 is 0 Å². The zero-order chi connectivity index (χ0) is 16.6. The average Bonchev–Trinajstić information content (AvgIpc) is 3.15. The molecule has 0 unspecified atom stereocenters. The summed E-state index contributed by atoms with van der Waals surface area (Å²) >= 11 is 0. The molecule has 2 aliphatic rings. The molecule has 0 radical (unpaired) electrons. The molecule has 1 amide bonds. The Morgan fingerprint density at radius 1 is 1.09 bits per heavy atom. The summed E-state index contributed by atoms with van der Waals surface area (Å²) in [6.07, 6.45) is 4.00. The summed E-state index contributed by atoms with van der Waals surface area (Å²) in [5.41, 5.74) is 2.89.